The van der Waals surface area contributed by atoms with E-state index in [-0.39, 0.29) is 23.9 Å². The fourth-order valence-corrected chi connectivity index (χ4v) is 9.81. The highest BCUT2D eigenvalue weighted by atomic mass is 32.2. The Morgan fingerprint density at radius 2 is 1.71 bits per heavy atom. The summed E-state index contributed by atoms with van der Waals surface area (Å²) in [4.78, 5) is 32.6. The molecule has 3 aliphatic heterocycles. The molecular formula is C35H42N4O5S. The van der Waals surface area contributed by atoms with Crippen molar-refractivity contribution in [3.63, 3.8) is 0 Å². The summed E-state index contributed by atoms with van der Waals surface area (Å²) in [6.45, 7) is 2.36. The fourth-order valence-electron chi connectivity index (χ4n) is 9.35. The molecule has 0 radical (unpaired) electrons. The van der Waals surface area contributed by atoms with E-state index in [2.05, 4.69) is 38.3 Å². The van der Waals surface area contributed by atoms with Gasteiger partial charge in [-0.15, -0.1) is 0 Å². The second-order valence-electron chi connectivity index (χ2n) is 14.3. The molecule has 4 fully saturated rings. The lowest BCUT2D eigenvalue weighted by Crippen LogP contribution is -2.57. The molecule has 4 atom stereocenters. The van der Waals surface area contributed by atoms with E-state index >= 15 is 0 Å². The number of likely N-dealkylation sites (N-methyl/N-ethyl adjacent to an activating group) is 1. The van der Waals surface area contributed by atoms with E-state index in [0.717, 1.165) is 79.4 Å². The van der Waals surface area contributed by atoms with Gasteiger partial charge in [0.2, 0.25) is 15.9 Å². The van der Waals surface area contributed by atoms with Crippen molar-refractivity contribution in [3.8, 4) is 17.0 Å². The minimum atomic E-state index is -3.72. The first kappa shape index (κ1) is 29.1. The summed E-state index contributed by atoms with van der Waals surface area (Å²) in [5.74, 6) is 0.877. The van der Waals surface area contributed by atoms with Crippen LogP contribution in [0.4, 0.5) is 0 Å². The Kier molecular flexibility index (Phi) is 6.66. The molecule has 2 amide bonds. The summed E-state index contributed by atoms with van der Waals surface area (Å²) in [7, 11) is 0.126. The smallest absolute Gasteiger partial charge is 0.264 e. The van der Waals surface area contributed by atoms with E-state index in [1.807, 2.05) is 18.2 Å². The zero-order chi connectivity index (χ0) is 31.2. The molecule has 2 saturated carbocycles. The number of fused-ring (bicyclic) bond motifs is 9. The quantitative estimate of drug-likeness (QED) is 0.433. The number of ether oxygens (including phenoxy) is 1. The number of piperazine rings is 1. The van der Waals surface area contributed by atoms with E-state index in [4.69, 9.17) is 4.74 Å². The van der Waals surface area contributed by atoms with Gasteiger partial charge in [-0.3, -0.25) is 9.59 Å². The van der Waals surface area contributed by atoms with Gasteiger partial charge in [-0.05, 0) is 86.5 Å². The number of sulfonamides is 1. The van der Waals surface area contributed by atoms with Gasteiger partial charge in [-0.1, -0.05) is 25.3 Å². The summed E-state index contributed by atoms with van der Waals surface area (Å²) in [6.07, 6.45) is 9.68. The molecule has 238 valence electrons. The number of aromatic nitrogens is 1. The first-order chi connectivity index (χ1) is 21.6. The van der Waals surface area contributed by atoms with Crippen LogP contribution < -0.4 is 9.46 Å². The summed E-state index contributed by atoms with van der Waals surface area (Å²) in [5.41, 5.74) is 5.39. The Morgan fingerprint density at radius 3 is 2.40 bits per heavy atom. The third-order valence-electron chi connectivity index (χ3n) is 11.4. The highest BCUT2D eigenvalue weighted by Gasteiger charge is 2.65. The van der Waals surface area contributed by atoms with Crippen LogP contribution in [0.1, 0.15) is 84.7 Å². The van der Waals surface area contributed by atoms with Crippen molar-refractivity contribution in [1.82, 2.24) is 19.1 Å². The van der Waals surface area contributed by atoms with Gasteiger partial charge in [0.1, 0.15) is 5.75 Å². The normalized spacial score (nSPS) is 27.8. The second-order valence-corrected chi connectivity index (χ2v) is 16.1. The van der Waals surface area contributed by atoms with Crippen molar-refractivity contribution in [2.45, 2.75) is 81.8 Å². The number of amides is 2. The van der Waals surface area contributed by atoms with Gasteiger partial charge in [0.05, 0.1) is 24.5 Å². The van der Waals surface area contributed by atoms with Gasteiger partial charge >= 0.3 is 0 Å². The van der Waals surface area contributed by atoms with Gasteiger partial charge < -0.3 is 19.1 Å². The molecule has 1 aromatic heterocycles. The molecule has 3 aromatic rings. The largest absolute Gasteiger partial charge is 0.497 e. The molecule has 5 aliphatic rings. The van der Waals surface area contributed by atoms with Crippen molar-refractivity contribution in [3.05, 3.63) is 53.1 Å². The predicted molar refractivity (Wildman–Crippen MR) is 173 cm³/mol. The van der Waals surface area contributed by atoms with Crippen molar-refractivity contribution < 1.29 is 22.7 Å². The molecule has 9 nitrogen and oxygen atoms in total. The molecule has 2 bridgehead atoms. The van der Waals surface area contributed by atoms with E-state index in [0.29, 0.717) is 18.0 Å². The number of benzene rings is 2. The number of hydrogen-bond donors (Lipinski definition) is 1. The number of carbonyl (C=O) groups excluding carboxylic acids is 2. The number of likely N-dealkylation sites (tertiary alicyclic amines) is 1. The van der Waals surface area contributed by atoms with Crippen LogP contribution in [-0.2, 0) is 21.4 Å². The average molecular weight is 631 g/mol. The predicted octanol–water partition coefficient (Wildman–Crippen LogP) is 4.85. The SMILES string of the molecule is COc1ccc2c(c1)[C@@H]1C[C@]1(C(=O)N1C3CCC1CN(C)C3)Cn1c-2c(C2CCCCC2)c2ccc(C(=O)NS(C)(=O)=O)cc21. The number of carbonyl (C=O) groups is 2. The molecule has 2 saturated heterocycles. The lowest BCUT2D eigenvalue weighted by atomic mass is 9.81. The number of methoxy groups -OCH3 is 1. The maximum Gasteiger partial charge on any atom is 0.264 e. The van der Waals surface area contributed by atoms with Gasteiger partial charge in [0, 0.05) is 59.7 Å². The molecule has 2 aromatic carbocycles. The third kappa shape index (κ3) is 4.61. The Balaban J connectivity index is 1.34. The van der Waals surface area contributed by atoms with Crippen LogP contribution in [0.15, 0.2) is 36.4 Å². The number of rotatable bonds is 5. The van der Waals surface area contributed by atoms with Gasteiger partial charge in [0.25, 0.3) is 5.91 Å². The van der Waals surface area contributed by atoms with Crippen molar-refractivity contribution in [2.24, 2.45) is 5.41 Å². The van der Waals surface area contributed by atoms with Crippen molar-refractivity contribution >= 4 is 32.7 Å². The van der Waals surface area contributed by atoms with Crippen LogP contribution in [0.2, 0.25) is 0 Å². The summed E-state index contributed by atoms with van der Waals surface area (Å²) >= 11 is 0. The lowest BCUT2D eigenvalue weighted by molar-refractivity contribution is -0.143. The van der Waals surface area contributed by atoms with Crippen molar-refractivity contribution in [1.29, 1.82) is 0 Å². The topological polar surface area (TPSA) is 101 Å². The second kappa shape index (κ2) is 10.3. The summed E-state index contributed by atoms with van der Waals surface area (Å²) in [5, 5.41) is 1.09. The molecule has 4 heterocycles. The lowest BCUT2D eigenvalue weighted by Gasteiger charge is -2.41. The third-order valence-corrected chi connectivity index (χ3v) is 11.9. The first-order valence-corrected chi connectivity index (χ1v) is 18.3. The average Bonchev–Trinajstić information content (AvgIpc) is 3.60. The van der Waals surface area contributed by atoms with Gasteiger partial charge in [-0.2, -0.15) is 0 Å². The Bertz CT molecular complexity index is 1830. The van der Waals surface area contributed by atoms with Gasteiger partial charge in [-0.25, -0.2) is 13.1 Å². The maximum atomic E-state index is 14.9. The van der Waals surface area contributed by atoms with E-state index < -0.39 is 21.3 Å². The van der Waals surface area contributed by atoms with Crippen LogP contribution >= 0.6 is 0 Å². The van der Waals surface area contributed by atoms with E-state index in [1.165, 1.54) is 30.4 Å². The standard InChI is InChI=1S/C35H42N4O5S/c1-37-18-23-10-11-24(19-37)39(23)34(41)35-17-29(35)28-16-25(44-2)12-14-26(28)32-31(21-7-5-4-6-8-21)27-13-9-22(15-30(27)38(32)20-35)33(40)36-45(3,42)43/h9,12-16,21,23-24,29H,4-8,10-11,17-20H2,1-3H3,(H,36,40)/t23?,24?,29-,35-/m0/s1. The van der Waals surface area contributed by atoms with E-state index in [9.17, 15) is 18.0 Å². The molecular weight excluding hydrogens is 588 g/mol. The number of nitrogens with one attached hydrogen (secondary N) is 1. The number of nitrogens with zero attached hydrogens (tertiary/aromatic N) is 3. The van der Waals surface area contributed by atoms with Crippen LogP contribution in [0.5, 0.6) is 5.75 Å². The minimum Gasteiger partial charge on any atom is -0.497 e. The molecule has 1 N–H and O–H groups in total. The highest BCUT2D eigenvalue weighted by molar-refractivity contribution is 7.89. The highest BCUT2D eigenvalue weighted by Crippen LogP contribution is 2.66. The monoisotopic (exact) mass is 630 g/mol. The van der Waals surface area contributed by atoms with Crippen LogP contribution in [-0.4, -0.2) is 80.2 Å². The number of hydrogen-bond acceptors (Lipinski definition) is 6. The summed E-state index contributed by atoms with van der Waals surface area (Å²) < 4.78 is 34.1. The summed E-state index contributed by atoms with van der Waals surface area (Å²) in [6, 6.07) is 12.4. The van der Waals surface area contributed by atoms with Crippen LogP contribution in [0, 0.1) is 5.41 Å². The van der Waals surface area contributed by atoms with Crippen LogP contribution in [0.25, 0.3) is 22.2 Å². The molecule has 10 heteroatoms. The first-order valence-electron chi connectivity index (χ1n) is 16.5. The molecule has 2 unspecified atom stereocenters. The zero-order valence-corrected chi connectivity index (χ0v) is 27.2. The Morgan fingerprint density at radius 1 is 0.978 bits per heavy atom. The molecule has 8 rings (SSSR count). The minimum absolute atomic E-state index is 0.0834. The molecule has 2 aliphatic carbocycles. The van der Waals surface area contributed by atoms with Crippen LogP contribution in [0.3, 0.4) is 0 Å². The van der Waals surface area contributed by atoms with E-state index in [1.54, 1.807) is 13.2 Å². The Hall–Kier alpha value is -3.37. The Labute approximate surface area is 264 Å². The zero-order valence-electron chi connectivity index (χ0n) is 26.3. The molecule has 0 spiro atoms. The van der Waals surface area contributed by atoms with Crippen molar-refractivity contribution in [2.75, 3.05) is 33.5 Å². The molecule has 45 heavy (non-hydrogen) atoms. The fraction of sp³-hybridized carbons (Fsp3) is 0.543. The maximum absolute atomic E-state index is 14.9. The van der Waals surface area contributed by atoms with Gasteiger partial charge in [0.15, 0.2) is 0 Å².